The van der Waals surface area contributed by atoms with E-state index in [1.165, 1.54) is 0 Å². The van der Waals surface area contributed by atoms with Crippen molar-refractivity contribution in [2.45, 2.75) is 0 Å². The van der Waals surface area contributed by atoms with Crippen molar-refractivity contribution in [1.29, 1.82) is 0 Å². The van der Waals surface area contributed by atoms with Crippen molar-refractivity contribution in [3.05, 3.63) is 163 Å². The van der Waals surface area contributed by atoms with E-state index in [4.69, 9.17) is 34.4 Å². The number of hydrogen-bond donors (Lipinski definition) is 0. The second kappa shape index (κ2) is 11.6. The van der Waals surface area contributed by atoms with Gasteiger partial charge in [-0.1, -0.05) is 121 Å². The van der Waals surface area contributed by atoms with Crippen molar-refractivity contribution in [3.63, 3.8) is 0 Å². The number of para-hydroxylation sites is 1. The monoisotopic (exact) mass is 672 g/mol. The van der Waals surface area contributed by atoms with Crippen LogP contribution in [0.1, 0.15) is 20.6 Å². The van der Waals surface area contributed by atoms with Gasteiger partial charge >= 0.3 is 0 Å². The molecule has 0 spiro atoms. The van der Waals surface area contributed by atoms with E-state index in [1.54, 1.807) is 42.5 Å². The van der Waals surface area contributed by atoms with Gasteiger partial charge in [-0.3, -0.25) is 0 Å². The molecule has 50 heavy (non-hydrogen) atoms. The minimum Gasteiger partial charge on any atom is -0.456 e. The Kier molecular flexibility index (Phi) is 4.02. The van der Waals surface area contributed by atoms with Crippen molar-refractivity contribution in [2.24, 2.45) is 0 Å². The first-order valence-corrected chi connectivity index (χ1v) is 16.2. The average molecular weight is 673 g/mol. The van der Waals surface area contributed by atoms with E-state index in [-0.39, 0.29) is 43.2 Å². The fourth-order valence-corrected chi connectivity index (χ4v) is 6.98. The summed E-state index contributed by atoms with van der Waals surface area (Å²) in [4.78, 5) is 14.4. The summed E-state index contributed by atoms with van der Waals surface area (Å²) >= 11 is 0.767. The predicted octanol–water partition coefficient (Wildman–Crippen LogP) is 12.5. The van der Waals surface area contributed by atoms with Crippen molar-refractivity contribution < 1.29 is 25.0 Å². The molecule has 7 aromatic carbocycles. The Bertz CT molecular complexity index is 3710. The maximum Gasteiger partial charge on any atom is 0.164 e. The van der Waals surface area contributed by atoms with Gasteiger partial charge in [0.05, 0.1) is 20.6 Å². The molecule has 234 valence electrons. The van der Waals surface area contributed by atoms with Gasteiger partial charge in [0.2, 0.25) is 0 Å². The summed E-state index contributed by atoms with van der Waals surface area (Å²) in [5.74, 6) is -0.136. The first-order chi connectivity index (χ1) is 31.0. The highest BCUT2D eigenvalue weighted by molar-refractivity contribution is 7.26. The molecule has 0 aliphatic carbocycles. The van der Waals surface area contributed by atoms with Crippen molar-refractivity contribution in [3.8, 4) is 56.4 Å². The third-order valence-electron chi connectivity index (χ3n) is 8.21. The highest BCUT2D eigenvalue weighted by atomic mass is 32.1. The van der Waals surface area contributed by atoms with E-state index in [0.717, 1.165) is 22.1 Å². The number of furan rings is 1. The van der Waals surface area contributed by atoms with Gasteiger partial charge in [0.15, 0.2) is 17.5 Å². The van der Waals surface area contributed by atoms with Crippen LogP contribution in [0.25, 0.3) is 98.5 Å². The summed E-state index contributed by atoms with van der Waals surface area (Å²) in [6.45, 7) is 0. The number of benzene rings is 7. The Morgan fingerprint density at radius 2 is 1.14 bits per heavy atom. The Labute approximate surface area is 313 Å². The molecule has 4 nitrogen and oxygen atoms in total. The van der Waals surface area contributed by atoms with E-state index in [0.29, 0.717) is 22.3 Å². The molecule has 5 heteroatoms. The summed E-state index contributed by atoms with van der Waals surface area (Å²) in [6.07, 6.45) is 0. The average Bonchev–Trinajstić information content (AvgIpc) is 3.90. The van der Waals surface area contributed by atoms with Crippen molar-refractivity contribution in [2.75, 3.05) is 0 Å². The molecule has 0 N–H and O–H groups in total. The van der Waals surface area contributed by atoms with Crippen LogP contribution in [0.2, 0.25) is 0 Å². The second-order valence-corrected chi connectivity index (χ2v) is 12.3. The summed E-state index contributed by atoms with van der Waals surface area (Å²) in [5, 5.41) is 1.46. The smallest absolute Gasteiger partial charge is 0.164 e. The van der Waals surface area contributed by atoms with E-state index in [1.807, 2.05) is 30.3 Å². The molecular weight excluding hydrogens is 631 g/mol. The first-order valence-electron chi connectivity index (χ1n) is 22.9. The molecule has 0 aliphatic rings. The first kappa shape index (κ1) is 17.3. The lowest BCUT2D eigenvalue weighted by Gasteiger charge is -2.13. The molecule has 0 amide bonds. The number of nitrogens with zero attached hydrogens (tertiary/aromatic N) is 3. The maximum absolute atomic E-state index is 9.92. The molecule has 0 fully saturated rings. The third-order valence-corrected chi connectivity index (χ3v) is 9.34. The Morgan fingerprint density at radius 1 is 0.460 bits per heavy atom. The van der Waals surface area contributed by atoms with Crippen LogP contribution in [0.15, 0.2) is 168 Å². The molecule has 0 radical (unpaired) electrons. The van der Waals surface area contributed by atoms with E-state index in [9.17, 15) is 5.48 Å². The van der Waals surface area contributed by atoms with Gasteiger partial charge in [-0.2, -0.15) is 0 Å². The van der Waals surface area contributed by atoms with Gasteiger partial charge < -0.3 is 4.42 Å². The van der Waals surface area contributed by atoms with Crippen molar-refractivity contribution in [1.82, 2.24) is 15.0 Å². The van der Waals surface area contributed by atoms with Crippen LogP contribution < -0.4 is 0 Å². The van der Waals surface area contributed by atoms with Crippen LogP contribution in [0.4, 0.5) is 0 Å². The summed E-state index contributed by atoms with van der Waals surface area (Å²) < 4.78 is 140. The molecule has 0 unspecified atom stereocenters. The lowest BCUT2D eigenvalue weighted by molar-refractivity contribution is 0.669. The highest BCUT2D eigenvalue weighted by Gasteiger charge is 2.18. The van der Waals surface area contributed by atoms with Gasteiger partial charge in [-0.25, -0.2) is 15.0 Å². The summed E-state index contributed by atoms with van der Waals surface area (Å²) in [6, 6.07) is 11.8. The Morgan fingerprint density at radius 3 is 2.02 bits per heavy atom. The number of hydrogen-bond acceptors (Lipinski definition) is 5. The largest absolute Gasteiger partial charge is 0.456 e. The lowest BCUT2D eigenvalue weighted by Crippen LogP contribution is -2.00. The van der Waals surface area contributed by atoms with Crippen LogP contribution in [-0.2, 0) is 0 Å². The summed E-state index contributed by atoms with van der Waals surface area (Å²) in [5.41, 5.74) is -0.180. The Balaban J connectivity index is 1.37. The number of fused-ring (bicyclic) bond motifs is 6. The van der Waals surface area contributed by atoms with Crippen LogP contribution in [0.3, 0.4) is 0 Å². The topological polar surface area (TPSA) is 51.8 Å². The second-order valence-electron chi connectivity index (χ2n) is 11.2. The molecule has 10 aromatic rings. The summed E-state index contributed by atoms with van der Waals surface area (Å²) in [7, 11) is 0. The van der Waals surface area contributed by atoms with E-state index >= 15 is 0 Å². The van der Waals surface area contributed by atoms with Crippen LogP contribution >= 0.6 is 11.3 Å². The van der Waals surface area contributed by atoms with E-state index < -0.39 is 113 Å². The number of aromatic nitrogens is 3. The highest BCUT2D eigenvalue weighted by Crippen LogP contribution is 2.42. The lowest BCUT2D eigenvalue weighted by atomic mass is 9.95. The normalized spacial score (nSPS) is 15.8. The standard InChI is InChI=1S/C45H27N3OS/c1-3-12-28(13-4-1)31-24-32(34-18-11-19-38-37-17-8-10-21-41(37)50-42(34)38)26-33(25-31)45-47-43(29-14-5-2-6-15-29)46-44(48-45)30-22-23-36-35-16-7-9-20-39(35)49-40(36)27-30/h1-27H/i1D,3D,4D,8D,10D,11D,12D,13D,17D,18D,19D,21D,24D,25D,26D. The predicted molar refractivity (Wildman–Crippen MR) is 207 cm³/mol. The zero-order valence-electron chi connectivity index (χ0n) is 40.6. The molecule has 0 atom stereocenters. The van der Waals surface area contributed by atoms with Gasteiger partial charge in [0.1, 0.15) is 11.2 Å². The molecule has 10 rings (SSSR count). The Hall–Kier alpha value is -6.43. The fourth-order valence-electron chi connectivity index (χ4n) is 5.91. The molecule has 0 bridgehead atoms. The molecule has 3 heterocycles. The maximum atomic E-state index is 9.92. The van der Waals surface area contributed by atoms with Gasteiger partial charge in [-0.15, -0.1) is 11.3 Å². The van der Waals surface area contributed by atoms with Gasteiger partial charge in [-0.05, 0) is 64.6 Å². The third kappa shape index (κ3) is 4.87. The van der Waals surface area contributed by atoms with Gasteiger partial charge in [0.25, 0.3) is 0 Å². The minimum absolute atomic E-state index is 0.0111. The number of thiophene rings is 1. The SMILES string of the molecule is [2H]c1c([2H])c([2H])c(-c2c([2H])c(-c3nc(-c4ccccc4)nc(-c4ccc5c(c4)oc4ccccc45)n3)c([2H])c(-c3c([2H])c([2H])c([2H])c4c3sc3c([2H])c([2H])c([2H])c([2H])c34)c2[2H])c([2H])c1[2H]. The van der Waals surface area contributed by atoms with Gasteiger partial charge in [0, 0.05) is 47.6 Å². The molecular formula is C45H27N3OS. The van der Waals surface area contributed by atoms with E-state index in [2.05, 4.69) is 0 Å². The quantitative estimate of drug-likeness (QED) is 0.183. The minimum atomic E-state index is -0.768. The van der Waals surface area contributed by atoms with Crippen LogP contribution in [0, 0.1) is 0 Å². The molecule has 3 aromatic heterocycles. The molecule has 0 saturated heterocycles. The van der Waals surface area contributed by atoms with Crippen LogP contribution in [-0.4, -0.2) is 15.0 Å². The molecule has 0 aliphatic heterocycles. The fraction of sp³-hybridized carbons (Fsp3) is 0. The zero-order valence-corrected chi connectivity index (χ0v) is 26.4. The zero-order chi connectivity index (χ0) is 46.1. The van der Waals surface area contributed by atoms with Crippen molar-refractivity contribution >= 4 is 53.4 Å². The number of rotatable bonds is 5. The van der Waals surface area contributed by atoms with Crippen LogP contribution in [0.5, 0.6) is 0 Å². The molecule has 0 saturated carbocycles.